The van der Waals surface area contributed by atoms with Crippen molar-refractivity contribution in [3.8, 4) is 0 Å². The summed E-state index contributed by atoms with van der Waals surface area (Å²) in [6, 6.07) is 3.69. The van der Waals surface area contributed by atoms with Gasteiger partial charge in [-0.25, -0.2) is 4.79 Å². The maximum Gasteiger partial charge on any atom is 0.354 e. The summed E-state index contributed by atoms with van der Waals surface area (Å²) in [6.07, 6.45) is 5.79. The predicted molar refractivity (Wildman–Crippen MR) is 85.2 cm³/mol. The lowest BCUT2D eigenvalue weighted by Gasteiger charge is -2.35. The Labute approximate surface area is 135 Å². The first kappa shape index (κ1) is 15.6. The number of nitrogens with zero attached hydrogens (tertiary/aromatic N) is 2. The van der Waals surface area contributed by atoms with E-state index in [0.29, 0.717) is 17.3 Å². The number of aromatic nitrogens is 1. The first-order valence-electron chi connectivity index (χ1n) is 8.10. The van der Waals surface area contributed by atoms with Crippen molar-refractivity contribution in [1.29, 1.82) is 0 Å². The van der Waals surface area contributed by atoms with E-state index in [4.69, 9.17) is 9.15 Å². The van der Waals surface area contributed by atoms with Crippen LogP contribution in [0.4, 0.5) is 0 Å². The second-order valence-corrected chi connectivity index (χ2v) is 5.92. The first-order chi connectivity index (χ1) is 11.2. The van der Waals surface area contributed by atoms with Crippen molar-refractivity contribution < 1.29 is 18.7 Å². The topological polar surface area (TPSA) is 64.7 Å². The molecule has 1 aliphatic heterocycles. The SMILES string of the molecule is CC[C@H]1CCCCN1C(=O)Cn1c(C(=O)OC)cc2occc21. The zero-order chi connectivity index (χ0) is 16.4. The van der Waals surface area contributed by atoms with Crippen LogP contribution in [0.2, 0.25) is 0 Å². The lowest BCUT2D eigenvalue weighted by atomic mass is 10.00. The Morgan fingerprint density at radius 3 is 2.96 bits per heavy atom. The number of rotatable bonds is 4. The maximum atomic E-state index is 12.8. The average Bonchev–Trinajstić information content (AvgIpc) is 3.16. The van der Waals surface area contributed by atoms with Gasteiger partial charge in [-0.2, -0.15) is 0 Å². The largest absolute Gasteiger partial charge is 0.464 e. The van der Waals surface area contributed by atoms with E-state index < -0.39 is 5.97 Å². The maximum absolute atomic E-state index is 12.8. The Bertz CT molecular complexity index is 715. The van der Waals surface area contributed by atoms with Crippen molar-refractivity contribution in [1.82, 2.24) is 9.47 Å². The number of piperidine rings is 1. The van der Waals surface area contributed by atoms with Gasteiger partial charge in [0.15, 0.2) is 5.58 Å². The van der Waals surface area contributed by atoms with E-state index in [1.54, 1.807) is 23.0 Å². The van der Waals surface area contributed by atoms with Crippen LogP contribution in [0.25, 0.3) is 11.1 Å². The van der Waals surface area contributed by atoms with Gasteiger partial charge < -0.3 is 18.6 Å². The number of hydrogen-bond donors (Lipinski definition) is 0. The van der Waals surface area contributed by atoms with Gasteiger partial charge in [-0.05, 0) is 25.7 Å². The van der Waals surface area contributed by atoms with Crippen LogP contribution >= 0.6 is 0 Å². The molecular formula is C17H22N2O4. The minimum Gasteiger partial charge on any atom is -0.464 e. The molecule has 3 rings (SSSR count). The third kappa shape index (κ3) is 2.85. The summed E-state index contributed by atoms with van der Waals surface area (Å²) in [5, 5.41) is 0. The number of carbonyl (C=O) groups is 2. The van der Waals surface area contributed by atoms with Crippen LogP contribution in [0.15, 0.2) is 22.8 Å². The number of amides is 1. The van der Waals surface area contributed by atoms with E-state index in [0.717, 1.165) is 31.3 Å². The minimum atomic E-state index is -0.463. The molecule has 0 radical (unpaired) electrons. The van der Waals surface area contributed by atoms with Crippen molar-refractivity contribution >= 4 is 23.0 Å². The fourth-order valence-electron chi connectivity index (χ4n) is 3.40. The van der Waals surface area contributed by atoms with Gasteiger partial charge in [-0.3, -0.25) is 4.79 Å². The zero-order valence-corrected chi connectivity index (χ0v) is 13.6. The molecule has 23 heavy (non-hydrogen) atoms. The van der Waals surface area contributed by atoms with E-state index in [9.17, 15) is 9.59 Å². The number of carbonyl (C=O) groups excluding carboxylic acids is 2. The highest BCUT2D eigenvalue weighted by Gasteiger charge is 2.27. The van der Waals surface area contributed by atoms with Crippen LogP contribution in [0.1, 0.15) is 43.1 Å². The summed E-state index contributed by atoms with van der Waals surface area (Å²) < 4.78 is 11.9. The molecule has 0 aromatic carbocycles. The molecule has 0 bridgehead atoms. The minimum absolute atomic E-state index is 0.0420. The number of furan rings is 1. The average molecular weight is 318 g/mol. The summed E-state index contributed by atoms with van der Waals surface area (Å²) in [4.78, 5) is 26.7. The number of hydrogen-bond acceptors (Lipinski definition) is 4. The van der Waals surface area contributed by atoms with E-state index >= 15 is 0 Å². The molecule has 124 valence electrons. The standard InChI is InChI=1S/C17H22N2O4/c1-3-12-6-4-5-8-18(12)16(20)11-19-13-7-9-23-15(13)10-14(19)17(21)22-2/h7,9-10,12H,3-6,8,11H2,1-2H3/t12-/m0/s1. The molecule has 6 heteroatoms. The normalized spacial score (nSPS) is 18.3. The first-order valence-corrected chi connectivity index (χ1v) is 8.10. The van der Waals surface area contributed by atoms with Gasteiger partial charge in [0, 0.05) is 24.7 Å². The highest BCUT2D eigenvalue weighted by atomic mass is 16.5. The van der Waals surface area contributed by atoms with Crippen LogP contribution < -0.4 is 0 Å². The molecule has 3 heterocycles. The molecule has 1 saturated heterocycles. The lowest BCUT2D eigenvalue weighted by molar-refractivity contribution is -0.135. The smallest absolute Gasteiger partial charge is 0.354 e. The number of methoxy groups -OCH3 is 1. The van der Waals surface area contributed by atoms with Gasteiger partial charge in [0.2, 0.25) is 5.91 Å². The van der Waals surface area contributed by atoms with Crippen molar-refractivity contribution in [3.63, 3.8) is 0 Å². The Morgan fingerprint density at radius 1 is 1.39 bits per heavy atom. The lowest BCUT2D eigenvalue weighted by Crippen LogP contribution is -2.45. The number of esters is 1. The quantitative estimate of drug-likeness (QED) is 0.813. The van der Waals surface area contributed by atoms with E-state index in [1.807, 2.05) is 4.90 Å². The summed E-state index contributed by atoms with van der Waals surface area (Å²) >= 11 is 0. The van der Waals surface area contributed by atoms with Crippen molar-refractivity contribution in [2.24, 2.45) is 0 Å². The number of ether oxygens (including phenoxy) is 1. The van der Waals surface area contributed by atoms with Crippen LogP contribution in [0, 0.1) is 0 Å². The molecule has 1 atom stereocenters. The van der Waals surface area contributed by atoms with Gasteiger partial charge in [-0.1, -0.05) is 6.92 Å². The highest BCUT2D eigenvalue weighted by molar-refractivity contribution is 5.95. The fraction of sp³-hybridized carbons (Fsp3) is 0.529. The van der Waals surface area contributed by atoms with Gasteiger partial charge in [-0.15, -0.1) is 0 Å². The van der Waals surface area contributed by atoms with Gasteiger partial charge in [0.25, 0.3) is 0 Å². The second kappa shape index (κ2) is 6.48. The third-order valence-corrected chi connectivity index (χ3v) is 4.63. The molecule has 0 spiro atoms. The predicted octanol–water partition coefficient (Wildman–Crippen LogP) is 2.81. The Morgan fingerprint density at radius 2 is 2.22 bits per heavy atom. The van der Waals surface area contributed by atoms with Crippen LogP contribution in [-0.2, 0) is 16.1 Å². The van der Waals surface area contributed by atoms with E-state index in [-0.39, 0.29) is 12.5 Å². The summed E-state index contributed by atoms with van der Waals surface area (Å²) in [5.41, 5.74) is 1.67. The van der Waals surface area contributed by atoms with Crippen LogP contribution in [0.3, 0.4) is 0 Å². The monoisotopic (exact) mass is 318 g/mol. The van der Waals surface area contributed by atoms with Gasteiger partial charge >= 0.3 is 5.97 Å². The van der Waals surface area contributed by atoms with E-state index in [1.165, 1.54) is 13.5 Å². The summed E-state index contributed by atoms with van der Waals surface area (Å²) in [6.45, 7) is 3.03. The molecule has 0 aliphatic carbocycles. The third-order valence-electron chi connectivity index (χ3n) is 4.63. The van der Waals surface area contributed by atoms with Crippen molar-refractivity contribution in [2.75, 3.05) is 13.7 Å². The van der Waals surface area contributed by atoms with E-state index in [2.05, 4.69) is 6.92 Å². The van der Waals surface area contributed by atoms with Crippen molar-refractivity contribution in [2.45, 2.75) is 45.2 Å². The molecule has 0 unspecified atom stereocenters. The van der Waals surface area contributed by atoms with Crippen LogP contribution in [0.5, 0.6) is 0 Å². The fourth-order valence-corrected chi connectivity index (χ4v) is 3.40. The molecule has 2 aromatic rings. The molecule has 1 aliphatic rings. The molecular weight excluding hydrogens is 296 g/mol. The molecule has 6 nitrogen and oxygen atoms in total. The second-order valence-electron chi connectivity index (χ2n) is 5.92. The molecule has 1 amide bonds. The Balaban J connectivity index is 1.89. The molecule has 2 aromatic heterocycles. The summed E-state index contributed by atoms with van der Waals surface area (Å²) in [5.74, 6) is -0.421. The molecule has 0 saturated carbocycles. The highest BCUT2D eigenvalue weighted by Crippen LogP contribution is 2.24. The number of fused-ring (bicyclic) bond motifs is 1. The van der Waals surface area contributed by atoms with Gasteiger partial charge in [0.05, 0.1) is 18.9 Å². The van der Waals surface area contributed by atoms with Gasteiger partial charge in [0.1, 0.15) is 12.2 Å². The number of likely N-dealkylation sites (tertiary alicyclic amines) is 1. The Hall–Kier alpha value is -2.24. The molecule has 0 N–H and O–H groups in total. The zero-order valence-electron chi connectivity index (χ0n) is 13.6. The molecule has 1 fully saturated rings. The summed E-state index contributed by atoms with van der Waals surface area (Å²) in [7, 11) is 1.33. The van der Waals surface area contributed by atoms with Crippen molar-refractivity contribution in [3.05, 3.63) is 24.1 Å². The Kier molecular flexibility index (Phi) is 4.41. The van der Waals surface area contributed by atoms with Crippen LogP contribution in [-0.4, -0.2) is 41.0 Å².